The summed E-state index contributed by atoms with van der Waals surface area (Å²) in [7, 11) is 0. The zero-order valence-corrected chi connectivity index (χ0v) is 14.5. The van der Waals surface area contributed by atoms with Crippen molar-refractivity contribution < 1.29 is 18.8 Å². The molecule has 1 saturated heterocycles. The summed E-state index contributed by atoms with van der Waals surface area (Å²) in [6.45, 7) is 0.301. The van der Waals surface area contributed by atoms with Crippen molar-refractivity contribution in [3.8, 4) is 0 Å². The first-order valence-electron chi connectivity index (χ1n) is 9.10. The van der Waals surface area contributed by atoms with Crippen molar-refractivity contribution in [2.24, 2.45) is 23.7 Å². The van der Waals surface area contributed by atoms with Gasteiger partial charge in [-0.2, -0.15) is 0 Å². The maximum Gasteiger partial charge on any atom is 0.251 e. The Morgan fingerprint density at radius 2 is 1.70 bits per heavy atom. The molecule has 5 rings (SSSR count). The van der Waals surface area contributed by atoms with Gasteiger partial charge in [0.05, 0.1) is 30.3 Å². The minimum absolute atomic E-state index is 0.114. The van der Waals surface area contributed by atoms with Crippen molar-refractivity contribution in [2.45, 2.75) is 13.0 Å². The van der Waals surface area contributed by atoms with Gasteiger partial charge in [-0.25, -0.2) is 0 Å². The number of fused-ring (bicyclic) bond motifs is 5. The Bertz CT molecular complexity index is 915. The highest BCUT2D eigenvalue weighted by Gasteiger charge is 2.59. The number of nitrogens with one attached hydrogen (secondary N) is 1. The van der Waals surface area contributed by atoms with E-state index in [4.69, 9.17) is 4.42 Å². The number of nitrogens with zero attached hydrogens (tertiary/aromatic N) is 1. The van der Waals surface area contributed by atoms with Crippen LogP contribution >= 0.6 is 0 Å². The lowest BCUT2D eigenvalue weighted by Gasteiger charge is -2.17. The minimum Gasteiger partial charge on any atom is -0.467 e. The average molecular weight is 362 g/mol. The van der Waals surface area contributed by atoms with Crippen LogP contribution in [0.25, 0.3) is 0 Å². The maximum atomic E-state index is 12.8. The number of furan rings is 1. The van der Waals surface area contributed by atoms with E-state index in [1.54, 1.807) is 42.7 Å². The molecular formula is C21H18N2O4. The number of carbonyl (C=O) groups excluding carboxylic acids is 3. The van der Waals surface area contributed by atoms with E-state index in [0.29, 0.717) is 23.6 Å². The predicted octanol–water partition coefficient (Wildman–Crippen LogP) is 2.52. The topological polar surface area (TPSA) is 79.6 Å². The van der Waals surface area contributed by atoms with E-state index >= 15 is 0 Å². The molecule has 0 radical (unpaired) electrons. The van der Waals surface area contributed by atoms with Gasteiger partial charge in [-0.15, -0.1) is 0 Å². The highest BCUT2D eigenvalue weighted by Crippen LogP contribution is 2.53. The summed E-state index contributed by atoms with van der Waals surface area (Å²) in [5, 5.41) is 2.77. The number of carbonyl (C=O) groups is 3. The molecule has 3 amide bonds. The van der Waals surface area contributed by atoms with Crippen LogP contribution < -0.4 is 10.2 Å². The van der Waals surface area contributed by atoms with Crippen LogP contribution in [0.4, 0.5) is 5.69 Å². The van der Waals surface area contributed by atoms with Crippen LogP contribution in [-0.4, -0.2) is 17.7 Å². The number of allylic oxidation sites excluding steroid dienone is 2. The molecule has 1 saturated carbocycles. The summed E-state index contributed by atoms with van der Waals surface area (Å²) >= 11 is 0. The zero-order valence-electron chi connectivity index (χ0n) is 14.5. The largest absolute Gasteiger partial charge is 0.467 e. The number of rotatable bonds is 4. The van der Waals surface area contributed by atoms with Gasteiger partial charge in [-0.3, -0.25) is 19.3 Å². The standard InChI is InChI=1S/C21H18N2O4/c24-19(22-11-16-2-1-9-27-16)12-5-7-15(8-6-12)23-20(25)17-13-3-4-14(10-13)18(17)21(23)26/h1-9,13-14,17-18H,10-11H2,(H,22,24)/t13-,14+,17-,18+. The van der Waals surface area contributed by atoms with E-state index in [2.05, 4.69) is 17.5 Å². The molecule has 2 fully saturated rings. The van der Waals surface area contributed by atoms with Gasteiger partial charge in [0, 0.05) is 5.56 Å². The van der Waals surface area contributed by atoms with Gasteiger partial charge in [0.25, 0.3) is 5.91 Å². The fourth-order valence-corrected chi connectivity index (χ4v) is 4.60. The lowest BCUT2D eigenvalue weighted by Crippen LogP contribution is -2.32. The van der Waals surface area contributed by atoms with E-state index in [0.717, 1.165) is 6.42 Å². The molecule has 2 aromatic rings. The molecule has 1 aromatic carbocycles. The second-order valence-electron chi connectivity index (χ2n) is 7.32. The monoisotopic (exact) mass is 362 g/mol. The minimum atomic E-state index is -0.240. The number of anilines is 1. The van der Waals surface area contributed by atoms with Gasteiger partial charge in [0.1, 0.15) is 5.76 Å². The summed E-state index contributed by atoms with van der Waals surface area (Å²) in [4.78, 5) is 39.2. The summed E-state index contributed by atoms with van der Waals surface area (Å²) < 4.78 is 5.19. The van der Waals surface area contributed by atoms with Crippen LogP contribution in [0.1, 0.15) is 22.5 Å². The Morgan fingerprint density at radius 1 is 1.04 bits per heavy atom. The lowest BCUT2D eigenvalue weighted by atomic mass is 9.85. The summed E-state index contributed by atoms with van der Waals surface area (Å²) in [5.74, 6) is 0.140. The van der Waals surface area contributed by atoms with E-state index < -0.39 is 0 Å². The van der Waals surface area contributed by atoms with Crippen molar-refractivity contribution in [3.63, 3.8) is 0 Å². The summed E-state index contributed by atoms with van der Waals surface area (Å²) in [5.41, 5.74) is 0.993. The van der Waals surface area contributed by atoms with Crippen molar-refractivity contribution in [1.29, 1.82) is 0 Å². The molecule has 27 heavy (non-hydrogen) atoms. The predicted molar refractivity (Wildman–Crippen MR) is 96.5 cm³/mol. The van der Waals surface area contributed by atoms with Gasteiger partial charge in [0.2, 0.25) is 11.8 Å². The second kappa shape index (κ2) is 5.94. The Balaban J connectivity index is 1.31. The van der Waals surface area contributed by atoms with Crippen molar-refractivity contribution in [3.05, 3.63) is 66.1 Å². The second-order valence-corrected chi connectivity index (χ2v) is 7.32. The fourth-order valence-electron chi connectivity index (χ4n) is 4.60. The number of hydrogen-bond donors (Lipinski definition) is 1. The highest BCUT2D eigenvalue weighted by atomic mass is 16.3. The Morgan fingerprint density at radius 3 is 2.30 bits per heavy atom. The van der Waals surface area contributed by atoms with E-state index in [9.17, 15) is 14.4 Å². The summed E-state index contributed by atoms with van der Waals surface area (Å²) in [6.07, 6.45) is 6.62. The normalized spacial score (nSPS) is 28.1. The van der Waals surface area contributed by atoms with E-state index in [1.165, 1.54) is 4.90 Å². The van der Waals surface area contributed by atoms with Crippen molar-refractivity contribution >= 4 is 23.4 Å². The third kappa shape index (κ3) is 2.44. The fraction of sp³-hybridized carbons (Fsp3) is 0.286. The summed E-state index contributed by atoms with van der Waals surface area (Å²) in [6, 6.07) is 10.1. The smallest absolute Gasteiger partial charge is 0.251 e. The molecule has 1 aromatic heterocycles. The molecule has 0 unspecified atom stereocenters. The van der Waals surface area contributed by atoms with E-state index in [1.807, 2.05) is 0 Å². The maximum absolute atomic E-state index is 12.8. The van der Waals surface area contributed by atoms with Crippen LogP contribution in [0.3, 0.4) is 0 Å². The molecular weight excluding hydrogens is 344 g/mol. The first kappa shape index (κ1) is 16.1. The molecule has 2 bridgehead atoms. The molecule has 136 valence electrons. The highest BCUT2D eigenvalue weighted by molar-refractivity contribution is 6.22. The number of hydrogen-bond acceptors (Lipinski definition) is 4. The Labute approximate surface area is 155 Å². The molecule has 2 heterocycles. The molecule has 6 nitrogen and oxygen atoms in total. The van der Waals surface area contributed by atoms with Crippen LogP contribution in [-0.2, 0) is 16.1 Å². The third-order valence-electron chi connectivity index (χ3n) is 5.86. The third-order valence-corrected chi connectivity index (χ3v) is 5.86. The quantitative estimate of drug-likeness (QED) is 0.670. The van der Waals surface area contributed by atoms with E-state index in [-0.39, 0.29) is 41.4 Å². The Kier molecular flexibility index (Phi) is 3.53. The number of amides is 3. The van der Waals surface area contributed by atoms with Gasteiger partial charge < -0.3 is 9.73 Å². The van der Waals surface area contributed by atoms with Gasteiger partial charge >= 0.3 is 0 Å². The number of imide groups is 1. The Hall–Kier alpha value is -3.15. The van der Waals surface area contributed by atoms with Gasteiger partial charge in [0.15, 0.2) is 0 Å². The van der Waals surface area contributed by atoms with Gasteiger partial charge in [-0.1, -0.05) is 12.2 Å². The lowest BCUT2D eigenvalue weighted by molar-refractivity contribution is -0.123. The number of benzene rings is 1. The first-order valence-corrected chi connectivity index (χ1v) is 9.10. The van der Waals surface area contributed by atoms with Crippen LogP contribution in [0.5, 0.6) is 0 Å². The van der Waals surface area contributed by atoms with Crippen molar-refractivity contribution in [2.75, 3.05) is 4.90 Å². The molecule has 1 aliphatic heterocycles. The molecule has 3 aliphatic rings. The molecule has 0 spiro atoms. The molecule has 4 atom stereocenters. The molecule has 6 heteroatoms. The average Bonchev–Trinajstić information content (AvgIpc) is 3.45. The molecule has 1 N–H and O–H groups in total. The van der Waals surface area contributed by atoms with Crippen LogP contribution in [0, 0.1) is 23.7 Å². The van der Waals surface area contributed by atoms with Crippen LogP contribution in [0.15, 0.2) is 59.2 Å². The van der Waals surface area contributed by atoms with Crippen LogP contribution in [0.2, 0.25) is 0 Å². The van der Waals surface area contributed by atoms with Gasteiger partial charge in [-0.05, 0) is 54.7 Å². The SMILES string of the molecule is O=C(NCc1ccco1)c1ccc(N2C(=O)[C@@H]3[C@H](C2=O)[C@@H]2C=C[C@H]3C2)cc1. The molecule has 2 aliphatic carbocycles. The van der Waals surface area contributed by atoms with Crippen molar-refractivity contribution in [1.82, 2.24) is 5.32 Å². The zero-order chi connectivity index (χ0) is 18.5. The first-order chi connectivity index (χ1) is 13.1.